The fraction of sp³-hybridized carbons (Fsp3) is 1.00. The van der Waals surface area contributed by atoms with Crippen LogP contribution in [0.2, 0.25) is 0 Å². The van der Waals surface area contributed by atoms with Crippen molar-refractivity contribution in [1.29, 1.82) is 0 Å². The molecule has 1 unspecified atom stereocenters. The van der Waals surface area contributed by atoms with Crippen LogP contribution in [0, 0.1) is 11.3 Å². The van der Waals surface area contributed by atoms with Crippen LogP contribution in [0.4, 0.5) is 0 Å². The highest BCUT2D eigenvalue weighted by atomic mass is 16.3. The monoisotopic (exact) mass is 213 g/mol. The van der Waals surface area contributed by atoms with E-state index in [1.807, 2.05) is 0 Å². The highest BCUT2D eigenvalue weighted by Crippen LogP contribution is 2.27. The third-order valence-corrected chi connectivity index (χ3v) is 3.58. The summed E-state index contributed by atoms with van der Waals surface area (Å²) < 4.78 is 0. The summed E-state index contributed by atoms with van der Waals surface area (Å²) in [4.78, 5) is 2.37. The van der Waals surface area contributed by atoms with E-state index in [2.05, 4.69) is 32.7 Å². The van der Waals surface area contributed by atoms with Gasteiger partial charge in [0.05, 0.1) is 6.10 Å². The van der Waals surface area contributed by atoms with Crippen LogP contribution in [0.25, 0.3) is 0 Å². The van der Waals surface area contributed by atoms with Crippen molar-refractivity contribution in [2.75, 3.05) is 20.1 Å². The van der Waals surface area contributed by atoms with Crippen molar-refractivity contribution in [2.24, 2.45) is 11.3 Å². The van der Waals surface area contributed by atoms with Gasteiger partial charge in [-0.05, 0) is 37.6 Å². The zero-order valence-electron chi connectivity index (χ0n) is 10.8. The topological polar surface area (TPSA) is 23.5 Å². The molecule has 1 atom stereocenters. The maximum absolute atomic E-state index is 9.91. The lowest BCUT2D eigenvalue weighted by atomic mass is 9.84. The van der Waals surface area contributed by atoms with Gasteiger partial charge in [0.15, 0.2) is 0 Å². The van der Waals surface area contributed by atoms with E-state index >= 15 is 0 Å². The van der Waals surface area contributed by atoms with Crippen LogP contribution < -0.4 is 0 Å². The number of aliphatic hydroxyl groups is 1. The summed E-state index contributed by atoms with van der Waals surface area (Å²) in [6.45, 7) is 8.54. The first-order chi connectivity index (χ1) is 6.89. The molecule has 0 heterocycles. The first-order valence-corrected chi connectivity index (χ1v) is 6.26. The van der Waals surface area contributed by atoms with Crippen LogP contribution in [0.1, 0.15) is 46.5 Å². The van der Waals surface area contributed by atoms with Gasteiger partial charge in [-0.3, -0.25) is 0 Å². The van der Waals surface area contributed by atoms with E-state index in [-0.39, 0.29) is 11.5 Å². The van der Waals surface area contributed by atoms with E-state index in [4.69, 9.17) is 0 Å². The average Bonchev–Trinajstić information content (AvgIpc) is 2.05. The molecule has 2 nitrogen and oxygen atoms in total. The Balaban J connectivity index is 2.12. The van der Waals surface area contributed by atoms with E-state index < -0.39 is 0 Å². The Labute approximate surface area is 94.7 Å². The minimum absolute atomic E-state index is 0.0251. The highest BCUT2D eigenvalue weighted by Gasteiger charge is 2.23. The van der Waals surface area contributed by atoms with E-state index in [0.29, 0.717) is 0 Å². The average molecular weight is 213 g/mol. The van der Waals surface area contributed by atoms with Crippen molar-refractivity contribution in [2.45, 2.75) is 52.6 Å². The third kappa shape index (κ3) is 4.52. The van der Waals surface area contributed by atoms with Gasteiger partial charge in [0.25, 0.3) is 0 Å². The summed E-state index contributed by atoms with van der Waals surface area (Å²) in [5.74, 6) is 0.932. The standard InChI is InChI=1S/C13H27NO/c1-13(2,3)12(15)8-9-14(4)10-11-6-5-7-11/h11-12,15H,5-10H2,1-4H3. The van der Waals surface area contributed by atoms with Crippen LogP contribution in [-0.4, -0.2) is 36.2 Å². The zero-order chi connectivity index (χ0) is 11.5. The van der Waals surface area contributed by atoms with Crippen molar-refractivity contribution in [3.05, 3.63) is 0 Å². The van der Waals surface area contributed by atoms with Crippen molar-refractivity contribution in [1.82, 2.24) is 4.90 Å². The van der Waals surface area contributed by atoms with Gasteiger partial charge in [0, 0.05) is 13.1 Å². The summed E-state index contributed by atoms with van der Waals surface area (Å²) >= 11 is 0. The van der Waals surface area contributed by atoms with E-state index in [1.165, 1.54) is 25.8 Å². The second-order valence-corrected chi connectivity index (χ2v) is 6.23. The molecule has 0 amide bonds. The molecule has 0 bridgehead atoms. The quantitative estimate of drug-likeness (QED) is 0.758. The summed E-state index contributed by atoms with van der Waals surface area (Å²) in [5, 5.41) is 9.91. The maximum Gasteiger partial charge on any atom is 0.0600 e. The molecule has 0 saturated heterocycles. The third-order valence-electron chi connectivity index (χ3n) is 3.58. The van der Waals surface area contributed by atoms with Gasteiger partial charge in [-0.15, -0.1) is 0 Å². The molecule has 0 spiro atoms. The molecule has 15 heavy (non-hydrogen) atoms. The van der Waals surface area contributed by atoms with Gasteiger partial charge in [-0.25, -0.2) is 0 Å². The van der Waals surface area contributed by atoms with Gasteiger partial charge < -0.3 is 10.0 Å². The highest BCUT2D eigenvalue weighted by molar-refractivity contribution is 4.76. The van der Waals surface area contributed by atoms with E-state index in [0.717, 1.165) is 18.9 Å². The molecular formula is C13H27NO. The van der Waals surface area contributed by atoms with E-state index in [1.54, 1.807) is 0 Å². The lowest BCUT2D eigenvalue weighted by molar-refractivity contribution is 0.0453. The Bertz CT molecular complexity index is 181. The second-order valence-electron chi connectivity index (χ2n) is 6.23. The SMILES string of the molecule is CN(CCC(O)C(C)(C)C)CC1CCC1. The molecule has 1 aliphatic rings. The first kappa shape index (κ1) is 13.0. The number of aliphatic hydroxyl groups excluding tert-OH is 1. The molecule has 1 aliphatic carbocycles. The Hall–Kier alpha value is -0.0800. The number of hydrogen-bond acceptors (Lipinski definition) is 2. The Morgan fingerprint density at radius 1 is 1.33 bits per heavy atom. The molecule has 1 saturated carbocycles. The number of hydrogen-bond donors (Lipinski definition) is 1. The maximum atomic E-state index is 9.91. The Kier molecular flexibility index (Phi) is 4.60. The molecule has 0 aromatic carbocycles. The van der Waals surface area contributed by atoms with Crippen LogP contribution in [0.5, 0.6) is 0 Å². The lowest BCUT2D eigenvalue weighted by Gasteiger charge is -2.32. The summed E-state index contributed by atoms with van der Waals surface area (Å²) in [5.41, 5.74) is 0.0251. The molecule has 2 heteroatoms. The van der Waals surface area contributed by atoms with Crippen LogP contribution in [0.3, 0.4) is 0 Å². The van der Waals surface area contributed by atoms with Gasteiger partial charge in [0.1, 0.15) is 0 Å². The first-order valence-electron chi connectivity index (χ1n) is 6.26. The van der Waals surface area contributed by atoms with E-state index in [9.17, 15) is 5.11 Å². The van der Waals surface area contributed by atoms with Crippen molar-refractivity contribution in [3.63, 3.8) is 0 Å². The molecule has 1 fully saturated rings. The molecule has 0 aromatic rings. The van der Waals surface area contributed by atoms with Gasteiger partial charge in [0.2, 0.25) is 0 Å². The molecule has 1 rings (SSSR count). The number of rotatable bonds is 5. The van der Waals surface area contributed by atoms with Crippen LogP contribution in [0.15, 0.2) is 0 Å². The molecule has 0 aliphatic heterocycles. The summed E-state index contributed by atoms with van der Waals surface area (Å²) in [7, 11) is 2.17. The molecular weight excluding hydrogens is 186 g/mol. The molecule has 0 radical (unpaired) electrons. The molecule has 90 valence electrons. The van der Waals surface area contributed by atoms with Gasteiger partial charge >= 0.3 is 0 Å². The lowest BCUT2D eigenvalue weighted by Crippen LogP contribution is -2.34. The molecule has 1 N–H and O–H groups in total. The normalized spacial score (nSPS) is 20.4. The summed E-state index contributed by atoms with van der Waals surface area (Å²) in [6, 6.07) is 0. The summed E-state index contributed by atoms with van der Waals surface area (Å²) in [6.07, 6.45) is 4.95. The predicted molar refractivity (Wildman–Crippen MR) is 64.9 cm³/mol. The van der Waals surface area contributed by atoms with Crippen LogP contribution in [-0.2, 0) is 0 Å². The predicted octanol–water partition coefficient (Wildman–Crippen LogP) is 2.52. The zero-order valence-corrected chi connectivity index (χ0v) is 10.8. The Morgan fingerprint density at radius 2 is 1.93 bits per heavy atom. The minimum atomic E-state index is -0.179. The largest absolute Gasteiger partial charge is 0.393 e. The second kappa shape index (κ2) is 5.31. The minimum Gasteiger partial charge on any atom is -0.393 e. The van der Waals surface area contributed by atoms with Crippen LogP contribution >= 0.6 is 0 Å². The fourth-order valence-electron chi connectivity index (χ4n) is 1.98. The number of nitrogens with zero attached hydrogens (tertiary/aromatic N) is 1. The van der Waals surface area contributed by atoms with Gasteiger partial charge in [-0.1, -0.05) is 27.2 Å². The van der Waals surface area contributed by atoms with Crippen molar-refractivity contribution < 1.29 is 5.11 Å². The van der Waals surface area contributed by atoms with Gasteiger partial charge in [-0.2, -0.15) is 0 Å². The Morgan fingerprint density at radius 3 is 2.33 bits per heavy atom. The fourth-order valence-corrected chi connectivity index (χ4v) is 1.98. The van der Waals surface area contributed by atoms with Crippen molar-refractivity contribution in [3.8, 4) is 0 Å². The smallest absolute Gasteiger partial charge is 0.0600 e. The molecule has 0 aromatic heterocycles. The van der Waals surface area contributed by atoms with Crippen molar-refractivity contribution >= 4 is 0 Å².